The number of hydrogen-bond acceptors (Lipinski definition) is 6. The second-order valence-corrected chi connectivity index (χ2v) is 5.93. The molecule has 0 amide bonds. The average Bonchev–Trinajstić information content (AvgIpc) is 2.63. The summed E-state index contributed by atoms with van der Waals surface area (Å²) in [5, 5.41) is 6.54. The Labute approximate surface area is 153 Å². The van der Waals surface area contributed by atoms with Crippen LogP contribution in [0.2, 0.25) is 0 Å². The number of hydrogen-bond donors (Lipinski definition) is 2. The standard InChI is InChI=1S/C20H22N4O2/c1-14(2)26-18-10-5-4-9-17(18)24-20-12-19(21-13-22-20)23-15-7-6-8-16(11-15)25-3/h4-14H,1-3H3,(H2,21,22,23,24). The van der Waals surface area contributed by atoms with Gasteiger partial charge in [0.1, 0.15) is 29.5 Å². The van der Waals surface area contributed by atoms with Crippen molar-refractivity contribution < 1.29 is 9.47 Å². The SMILES string of the molecule is COc1cccc(Nc2cc(Nc3ccccc3OC(C)C)ncn2)c1. The fraction of sp³-hybridized carbons (Fsp3) is 0.200. The number of nitrogens with one attached hydrogen (secondary N) is 2. The van der Waals surface area contributed by atoms with Crippen molar-refractivity contribution in [1.29, 1.82) is 0 Å². The Morgan fingerprint density at radius 2 is 1.65 bits per heavy atom. The number of benzene rings is 2. The number of aromatic nitrogens is 2. The van der Waals surface area contributed by atoms with Gasteiger partial charge in [0.2, 0.25) is 0 Å². The minimum Gasteiger partial charge on any atom is -0.497 e. The summed E-state index contributed by atoms with van der Waals surface area (Å²) in [5.74, 6) is 2.91. The third-order valence-corrected chi connectivity index (χ3v) is 3.52. The second-order valence-electron chi connectivity index (χ2n) is 5.93. The molecule has 6 nitrogen and oxygen atoms in total. The molecule has 6 heteroatoms. The lowest BCUT2D eigenvalue weighted by Gasteiger charge is -2.15. The van der Waals surface area contributed by atoms with Gasteiger partial charge in [-0.1, -0.05) is 18.2 Å². The summed E-state index contributed by atoms with van der Waals surface area (Å²) in [4.78, 5) is 8.56. The van der Waals surface area contributed by atoms with Gasteiger partial charge in [0.15, 0.2) is 0 Å². The van der Waals surface area contributed by atoms with Crippen molar-refractivity contribution in [3.63, 3.8) is 0 Å². The highest BCUT2D eigenvalue weighted by Gasteiger charge is 2.07. The summed E-state index contributed by atoms with van der Waals surface area (Å²) in [6.45, 7) is 4.00. The Hall–Kier alpha value is -3.28. The molecule has 0 aliphatic carbocycles. The van der Waals surface area contributed by atoms with E-state index in [9.17, 15) is 0 Å². The highest BCUT2D eigenvalue weighted by molar-refractivity contribution is 5.67. The van der Waals surface area contributed by atoms with E-state index in [1.165, 1.54) is 6.33 Å². The molecular weight excluding hydrogens is 328 g/mol. The topological polar surface area (TPSA) is 68.3 Å². The maximum Gasteiger partial charge on any atom is 0.143 e. The van der Waals surface area contributed by atoms with E-state index in [1.54, 1.807) is 7.11 Å². The van der Waals surface area contributed by atoms with E-state index in [1.807, 2.05) is 68.4 Å². The quantitative estimate of drug-likeness (QED) is 0.640. The highest BCUT2D eigenvalue weighted by Crippen LogP contribution is 2.28. The molecule has 3 rings (SSSR count). The minimum atomic E-state index is 0.0913. The van der Waals surface area contributed by atoms with E-state index in [4.69, 9.17) is 9.47 Å². The van der Waals surface area contributed by atoms with E-state index < -0.39 is 0 Å². The monoisotopic (exact) mass is 350 g/mol. The molecule has 0 aliphatic rings. The molecule has 0 saturated heterocycles. The molecular formula is C20H22N4O2. The molecule has 1 aromatic heterocycles. The summed E-state index contributed by atoms with van der Waals surface area (Å²) >= 11 is 0. The molecule has 0 bridgehead atoms. The van der Waals surface area contributed by atoms with E-state index in [2.05, 4.69) is 20.6 Å². The largest absolute Gasteiger partial charge is 0.497 e. The van der Waals surface area contributed by atoms with Gasteiger partial charge in [-0.3, -0.25) is 0 Å². The second kappa shape index (κ2) is 8.20. The van der Waals surface area contributed by atoms with Gasteiger partial charge in [-0.05, 0) is 38.1 Å². The lowest BCUT2D eigenvalue weighted by Crippen LogP contribution is -2.07. The van der Waals surface area contributed by atoms with Crippen LogP contribution in [-0.2, 0) is 0 Å². The van der Waals surface area contributed by atoms with Gasteiger partial charge in [0.05, 0.1) is 18.9 Å². The number of anilines is 4. The maximum absolute atomic E-state index is 5.83. The zero-order valence-electron chi connectivity index (χ0n) is 15.1. The van der Waals surface area contributed by atoms with Crippen molar-refractivity contribution in [2.75, 3.05) is 17.7 Å². The molecule has 0 radical (unpaired) electrons. The Morgan fingerprint density at radius 1 is 0.885 bits per heavy atom. The molecule has 2 aromatic carbocycles. The zero-order valence-corrected chi connectivity index (χ0v) is 15.1. The Balaban J connectivity index is 1.77. The van der Waals surface area contributed by atoms with Gasteiger partial charge in [0, 0.05) is 17.8 Å². The minimum absolute atomic E-state index is 0.0913. The van der Waals surface area contributed by atoms with Crippen LogP contribution in [0.25, 0.3) is 0 Å². The van der Waals surface area contributed by atoms with Crippen molar-refractivity contribution in [2.45, 2.75) is 20.0 Å². The van der Waals surface area contributed by atoms with Crippen LogP contribution in [-0.4, -0.2) is 23.2 Å². The molecule has 0 aliphatic heterocycles. The lowest BCUT2D eigenvalue weighted by molar-refractivity contribution is 0.244. The first-order valence-electron chi connectivity index (χ1n) is 8.40. The Kier molecular flexibility index (Phi) is 5.53. The average molecular weight is 350 g/mol. The molecule has 3 aromatic rings. The molecule has 0 atom stereocenters. The predicted octanol–water partition coefficient (Wildman–Crippen LogP) is 4.76. The Morgan fingerprint density at radius 3 is 2.42 bits per heavy atom. The highest BCUT2D eigenvalue weighted by atomic mass is 16.5. The third-order valence-electron chi connectivity index (χ3n) is 3.52. The summed E-state index contributed by atoms with van der Waals surface area (Å²) in [6.07, 6.45) is 1.60. The summed E-state index contributed by atoms with van der Waals surface area (Å²) in [7, 11) is 1.64. The van der Waals surface area contributed by atoms with E-state index in [0.717, 1.165) is 22.9 Å². The van der Waals surface area contributed by atoms with Crippen LogP contribution in [0.15, 0.2) is 60.9 Å². The number of ether oxygens (including phenoxy) is 2. The number of rotatable bonds is 7. The molecule has 0 saturated carbocycles. The van der Waals surface area contributed by atoms with Crippen LogP contribution in [0.4, 0.5) is 23.0 Å². The zero-order chi connectivity index (χ0) is 18.4. The fourth-order valence-electron chi connectivity index (χ4n) is 2.41. The van der Waals surface area contributed by atoms with Gasteiger partial charge < -0.3 is 20.1 Å². The Bertz CT molecular complexity index is 868. The van der Waals surface area contributed by atoms with Gasteiger partial charge in [-0.25, -0.2) is 9.97 Å². The first-order chi connectivity index (χ1) is 12.6. The van der Waals surface area contributed by atoms with Crippen molar-refractivity contribution in [3.05, 3.63) is 60.9 Å². The smallest absolute Gasteiger partial charge is 0.143 e. The first-order valence-corrected chi connectivity index (χ1v) is 8.40. The van der Waals surface area contributed by atoms with E-state index in [0.29, 0.717) is 11.6 Å². The van der Waals surface area contributed by atoms with Gasteiger partial charge in [-0.15, -0.1) is 0 Å². The molecule has 0 spiro atoms. The molecule has 26 heavy (non-hydrogen) atoms. The van der Waals surface area contributed by atoms with E-state index >= 15 is 0 Å². The molecule has 0 fully saturated rings. The van der Waals surface area contributed by atoms with Crippen LogP contribution in [0.3, 0.4) is 0 Å². The van der Waals surface area contributed by atoms with Gasteiger partial charge >= 0.3 is 0 Å². The van der Waals surface area contributed by atoms with Gasteiger partial charge in [-0.2, -0.15) is 0 Å². The third kappa shape index (κ3) is 4.63. The number of methoxy groups -OCH3 is 1. The molecule has 2 N–H and O–H groups in total. The van der Waals surface area contributed by atoms with E-state index in [-0.39, 0.29) is 6.10 Å². The maximum atomic E-state index is 5.83. The van der Waals surface area contributed by atoms with Crippen molar-refractivity contribution in [3.8, 4) is 11.5 Å². The lowest BCUT2D eigenvalue weighted by atomic mass is 10.3. The van der Waals surface area contributed by atoms with Crippen LogP contribution in [0.1, 0.15) is 13.8 Å². The van der Waals surface area contributed by atoms with Crippen LogP contribution in [0, 0.1) is 0 Å². The molecule has 1 heterocycles. The van der Waals surface area contributed by atoms with Crippen LogP contribution >= 0.6 is 0 Å². The predicted molar refractivity (Wildman–Crippen MR) is 104 cm³/mol. The van der Waals surface area contributed by atoms with Crippen LogP contribution in [0.5, 0.6) is 11.5 Å². The van der Waals surface area contributed by atoms with Crippen molar-refractivity contribution in [1.82, 2.24) is 9.97 Å². The summed E-state index contributed by atoms with van der Waals surface area (Å²) < 4.78 is 11.1. The fourth-order valence-corrected chi connectivity index (χ4v) is 2.41. The summed E-state index contributed by atoms with van der Waals surface area (Å²) in [5.41, 5.74) is 1.74. The van der Waals surface area contributed by atoms with Crippen molar-refractivity contribution >= 4 is 23.0 Å². The molecule has 0 unspecified atom stereocenters. The van der Waals surface area contributed by atoms with Gasteiger partial charge in [0.25, 0.3) is 0 Å². The first kappa shape index (κ1) is 17.5. The normalized spacial score (nSPS) is 10.5. The van der Waals surface area contributed by atoms with Crippen molar-refractivity contribution in [2.24, 2.45) is 0 Å². The number of nitrogens with zero attached hydrogens (tertiary/aromatic N) is 2. The summed E-state index contributed by atoms with van der Waals surface area (Å²) in [6, 6.07) is 17.3. The number of para-hydroxylation sites is 2. The molecule has 134 valence electrons. The van der Waals surface area contributed by atoms with Crippen LogP contribution < -0.4 is 20.1 Å².